The van der Waals surface area contributed by atoms with E-state index in [4.69, 9.17) is 0 Å². The van der Waals surface area contributed by atoms with Crippen molar-refractivity contribution in [3.63, 3.8) is 0 Å². The average Bonchev–Trinajstić information content (AvgIpc) is 2.27. The molecule has 0 aliphatic carbocycles. The molecule has 0 spiro atoms. The molecule has 0 heterocycles. The lowest BCUT2D eigenvalue weighted by Crippen LogP contribution is -1.98. The summed E-state index contributed by atoms with van der Waals surface area (Å²) in [6.45, 7) is 4.33. The van der Waals surface area contributed by atoms with Gasteiger partial charge in [0, 0.05) is 0 Å². The van der Waals surface area contributed by atoms with Crippen molar-refractivity contribution >= 4 is 0 Å². The smallest absolute Gasteiger partial charge is 0.0790 e. The van der Waals surface area contributed by atoms with E-state index in [1.54, 1.807) is 0 Å². The molecule has 0 fully saturated rings. The highest BCUT2D eigenvalue weighted by molar-refractivity contribution is 5.25. The van der Waals surface area contributed by atoms with E-state index in [0.717, 1.165) is 37.7 Å². The van der Waals surface area contributed by atoms with Gasteiger partial charge in [-0.1, -0.05) is 57.4 Å². The number of unbranched alkanes of at least 4 members (excludes halogenated alkanes) is 1. The third-order valence-electron chi connectivity index (χ3n) is 2.71. The Morgan fingerprint density at radius 2 is 2.00 bits per heavy atom. The monoisotopic (exact) mass is 206 g/mol. The van der Waals surface area contributed by atoms with Crippen LogP contribution in [0.5, 0.6) is 0 Å². The normalized spacial score (nSPS) is 12.7. The number of aryl methyl sites for hydroxylation is 1. The predicted molar refractivity (Wildman–Crippen MR) is 64.9 cm³/mol. The number of hydrogen-bond donors (Lipinski definition) is 1. The molecule has 1 rings (SSSR count). The van der Waals surface area contributed by atoms with Crippen LogP contribution in [0.1, 0.15) is 56.8 Å². The summed E-state index contributed by atoms with van der Waals surface area (Å²) in [5, 5.41) is 9.94. The van der Waals surface area contributed by atoms with Crippen LogP contribution < -0.4 is 0 Å². The Kier molecular flexibility index (Phi) is 5.41. The van der Waals surface area contributed by atoms with E-state index in [2.05, 4.69) is 32.0 Å². The number of aliphatic hydroxyl groups excluding tert-OH is 1. The van der Waals surface area contributed by atoms with E-state index in [0.29, 0.717) is 0 Å². The quantitative estimate of drug-likeness (QED) is 0.749. The summed E-state index contributed by atoms with van der Waals surface area (Å²) >= 11 is 0. The zero-order chi connectivity index (χ0) is 11.1. The van der Waals surface area contributed by atoms with E-state index in [9.17, 15) is 5.11 Å². The SMILES string of the molecule is CCCCC(O)c1cccc(CCC)c1. The third-order valence-corrected chi connectivity index (χ3v) is 2.71. The van der Waals surface area contributed by atoms with Crippen LogP contribution in [0.2, 0.25) is 0 Å². The van der Waals surface area contributed by atoms with Gasteiger partial charge in [-0.25, -0.2) is 0 Å². The molecule has 0 bridgehead atoms. The summed E-state index contributed by atoms with van der Waals surface area (Å²) in [5.74, 6) is 0. The Labute approximate surface area is 93.1 Å². The van der Waals surface area contributed by atoms with E-state index in [1.807, 2.05) is 6.07 Å². The van der Waals surface area contributed by atoms with Crippen LogP contribution in [0.15, 0.2) is 24.3 Å². The van der Waals surface area contributed by atoms with E-state index >= 15 is 0 Å². The molecule has 0 saturated carbocycles. The van der Waals surface area contributed by atoms with Crippen molar-refractivity contribution in [3.8, 4) is 0 Å². The van der Waals surface area contributed by atoms with Gasteiger partial charge < -0.3 is 5.11 Å². The fourth-order valence-corrected chi connectivity index (χ4v) is 1.81. The molecule has 1 aromatic rings. The minimum atomic E-state index is -0.276. The Morgan fingerprint density at radius 3 is 2.67 bits per heavy atom. The number of hydrogen-bond acceptors (Lipinski definition) is 1. The Bertz CT molecular complexity index is 280. The second kappa shape index (κ2) is 6.62. The number of rotatable bonds is 6. The van der Waals surface area contributed by atoms with Gasteiger partial charge in [0.15, 0.2) is 0 Å². The summed E-state index contributed by atoms with van der Waals surface area (Å²) in [4.78, 5) is 0. The van der Waals surface area contributed by atoms with Gasteiger partial charge in [-0.2, -0.15) is 0 Å². The lowest BCUT2D eigenvalue weighted by atomic mass is 10.0. The van der Waals surface area contributed by atoms with E-state index in [1.165, 1.54) is 5.56 Å². The average molecular weight is 206 g/mol. The van der Waals surface area contributed by atoms with Crippen LogP contribution in [-0.4, -0.2) is 5.11 Å². The van der Waals surface area contributed by atoms with Crippen LogP contribution >= 0.6 is 0 Å². The Balaban J connectivity index is 2.62. The highest BCUT2D eigenvalue weighted by Gasteiger charge is 2.06. The zero-order valence-corrected chi connectivity index (χ0v) is 9.87. The highest BCUT2D eigenvalue weighted by atomic mass is 16.3. The maximum Gasteiger partial charge on any atom is 0.0790 e. The largest absolute Gasteiger partial charge is 0.388 e. The molecule has 15 heavy (non-hydrogen) atoms. The van der Waals surface area contributed by atoms with Gasteiger partial charge in [0.05, 0.1) is 6.10 Å². The first-order valence-corrected chi connectivity index (χ1v) is 6.04. The summed E-state index contributed by atoms with van der Waals surface area (Å²) in [5.41, 5.74) is 2.42. The Morgan fingerprint density at radius 1 is 1.20 bits per heavy atom. The molecule has 1 N–H and O–H groups in total. The molecule has 84 valence electrons. The molecule has 1 atom stereocenters. The first-order valence-electron chi connectivity index (χ1n) is 6.04. The van der Waals surface area contributed by atoms with Crippen LogP contribution in [0.4, 0.5) is 0 Å². The van der Waals surface area contributed by atoms with Crippen LogP contribution in [0.3, 0.4) is 0 Å². The Hall–Kier alpha value is -0.820. The molecule has 0 aromatic heterocycles. The van der Waals surface area contributed by atoms with Gasteiger partial charge in [0.25, 0.3) is 0 Å². The first kappa shape index (κ1) is 12.3. The predicted octanol–water partition coefficient (Wildman–Crippen LogP) is 3.86. The molecule has 0 amide bonds. The first-order chi connectivity index (χ1) is 7.27. The zero-order valence-electron chi connectivity index (χ0n) is 9.87. The second-order valence-corrected chi connectivity index (χ2v) is 4.15. The molecule has 1 unspecified atom stereocenters. The lowest BCUT2D eigenvalue weighted by molar-refractivity contribution is 0.164. The van der Waals surface area contributed by atoms with Gasteiger partial charge >= 0.3 is 0 Å². The van der Waals surface area contributed by atoms with Gasteiger partial charge in [-0.05, 0) is 24.0 Å². The lowest BCUT2D eigenvalue weighted by Gasteiger charge is -2.11. The second-order valence-electron chi connectivity index (χ2n) is 4.15. The van der Waals surface area contributed by atoms with Crippen LogP contribution in [0, 0.1) is 0 Å². The van der Waals surface area contributed by atoms with Crippen LogP contribution in [-0.2, 0) is 6.42 Å². The fraction of sp³-hybridized carbons (Fsp3) is 0.571. The van der Waals surface area contributed by atoms with Crippen molar-refractivity contribution < 1.29 is 5.11 Å². The molecule has 0 aliphatic heterocycles. The molecular formula is C14H22O. The van der Waals surface area contributed by atoms with Crippen molar-refractivity contribution in [2.24, 2.45) is 0 Å². The standard InChI is InChI=1S/C14H22O/c1-3-5-10-14(15)13-9-6-8-12(11-13)7-4-2/h6,8-9,11,14-15H,3-5,7,10H2,1-2H3. The molecule has 0 radical (unpaired) electrons. The minimum absolute atomic E-state index is 0.276. The van der Waals surface area contributed by atoms with Gasteiger partial charge in [0.1, 0.15) is 0 Å². The highest BCUT2D eigenvalue weighted by Crippen LogP contribution is 2.20. The van der Waals surface area contributed by atoms with E-state index in [-0.39, 0.29) is 6.10 Å². The van der Waals surface area contributed by atoms with Crippen molar-refractivity contribution in [3.05, 3.63) is 35.4 Å². The summed E-state index contributed by atoms with van der Waals surface area (Å²) in [6.07, 6.45) is 5.11. The molecule has 0 saturated heterocycles. The van der Waals surface area contributed by atoms with Crippen molar-refractivity contribution in [2.45, 2.75) is 52.1 Å². The summed E-state index contributed by atoms with van der Waals surface area (Å²) < 4.78 is 0. The van der Waals surface area contributed by atoms with E-state index < -0.39 is 0 Å². The third kappa shape index (κ3) is 4.05. The van der Waals surface area contributed by atoms with Crippen molar-refractivity contribution in [2.75, 3.05) is 0 Å². The van der Waals surface area contributed by atoms with Gasteiger partial charge in [-0.3, -0.25) is 0 Å². The summed E-state index contributed by atoms with van der Waals surface area (Å²) in [6, 6.07) is 8.36. The topological polar surface area (TPSA) is 20.2 Å². The fourth-order valence-electron chi connectivity index (χ4n) is 1.81. The number of benzene rings is 1. The number of aliphatic hydroxyl groups is 1. The minimum Gasteiger partial charge on any atom is -0.388 e. The molecule has 1 aromatic carbocycles. The molecular weight excluding hydrogens is 184 g/mol. The van der Waals surface area contributed by atoms with Crippen molar-refractivity contribution in [1.29, 1.82) is 0 Å². The maximum absolute atomic E-state index is 9.94. The van der Waals surface area contributed by atoms with Gasteiger partial charge in [-0.15, -0.1) is 0 Å². The molecule has 1 heteroatoms. The van der Waals surface area contributed by atoms with Crippen molar-refractivity contribution in [1.82, 2.24) is 0 Å². The van der Waals surface area contributed by atoms with Crippen LogP contribution in [0.25, 0.3) is 0 Å². The molecule has 1 nitrogen and oxygen atoms in total. The maximum atomic E-state index is 9.94. The summed E-state index contributed by atoms with van der Waals surface area (Å²) in [7, 11) is 0. The molecule has 0 aliphatic rings. The van der Waals surface area contributed by atoms with Gasteiger partial charge in [0.2, 0.25) is 0 Å².